The second-order valence-corrected chi connectivity index (χ2v) is 16.7. The van der Waals surface area contributed by atoms with Crippen LogP contribution in [-0.4, -0.2) is 12.6 Å². The molecule has 0 N–H and O–H groups in total. The van der Waals surface area contributed by atoms with Crippen molar-refractivity contribution in [1.82, 2.24) is 0 Å². The van der Waals surface area contributed by atoms with Crippen LogP contribution in [0.4, 0.5) is 0 Å². The summed E-state index contributed by atoms with van der Waals surface area (Å²) in [6.45, 7) is 9.78. The lowest BCUT2D eigenvalue weighted by Crippen LogP contribution is -2.11. The molecule has 2 atom stereocenters. The van der Waals surface area contributed by atoms with E-state index < -0.39 is 0 Å². The highest BCUT2D eigenvalue weighted by molar-refractivity contribution is 5.91. The number of hydrogen-bond acceptors (Lipinski definition) is 3. The number of carbonyl (C=O) groups is 1. The molecule has 0 radical (unpaired) electrons. The van der Waals surface area contributed by atoms with Gasteiger partial charge in [0.2, 0.25) is 0 Å². The number of esters is 1. The van der Waals surface area contributed by atoms with Crippen molar-refractivity contribution in [3.63, 3.8) is 0 Å². The van der Waals surface area contributed by atoms with Gasteiger partial charge in [-0.1, -0.05) is 229 Å². The van der Waals surface area contributed by atoms with Crippen molar-refractivity contribution in [3.8, 4) is 16.9 Å². The van der Waals surface area contributed by atoms with Crippen molar-refractivity contribution in [2.24, 2.45) is 0 Å². The van der Waals surface area contributed by atoms with Crippen molar-refractivity contribution < 1.29 is 14.3 Å². The van der Waals surface area contributed by atoms with Crippen molar-refractivity contribution >= 4 is 5.97 Å². The standard InChI is InChI=1S/C53H82O3/c1-5-8-10-12-14-15-16-17-18-19-20-21-22-23-24-25-27-31-44-55-45(4)46-36-38-47(39-37-46)48-40-42-50(43-41-48)53(54)56-52-35-30-29-34-51(52)49(32-7-3)33-28-26-13-11-9-6-2/h29-30,34-43,45,49H,5-28,31-33,44H2,1-4H3. The number of carbonyl (C=O) groups excluding carboxylic acids is 1. The van der Waals surface area contributed by atoms with E-state index in [2.05, 4.69) is 64.1 Å². The highest BCUT2D eigenvalue weighted by atomic mass is 16.5. The summed E-state index contributed by atoms with van der Waals surface area (Å²) >= 11 is 0. The molecule has 312 valence electrons. The van der Waals surface area contributed by atoms with Crippen LogP contribution in [0, 0.1) is 0 Å². The predicted molar refractivity (Wildman–Crippen MR) is 242 cm³/mol. The minimum absolute atomic E-state index is 0.0811. The minimum Gasteiger partial charge on any atom is -0.423 e. The highest BCUT2D eigenvalue weighted by Crippen LogP contribution is 2.35. The fourth-order valence-electron chi connectivity index (χ4n) is 8.15. The highest BCUT2D eigenvalue weighted by Gasteiger charge is 2.18. The van der Waals surface area contributed by atoms with Gasteiger partial charge in [0.1, 0.15) is 5.75 Å². The summed E-state index contributed by atoms with van der Waals surface area (Å²) < 4.78 is 12.3. The third-order valence-electron chi connectivity index (χ3n) is 11.8. The summed E-state index contributed by atoms with van der Waals surface area (Å²) in [6, 6.07) is 24.6. The average molecular weight is 767 g/mol. The molecule has 0 aliphatic rings. The molecule has 3 rings (SSSR count). The first kappa shape index (κ1) is 47.5. The van der Waals surface area contributed by atoms with Gasteiger partial charge >= 0.3 is 5.97 Å². The van der Waals surface area contributed by atoms with E-state index in [0.717, 1.165) is 43.4 Å². The van der Waals surface area contributed by atoms with Crippen LogP contribution >= 0.6 is 0 Å². The van der Waals surface area contributed by atoms with Gasteiger partial charge in [0.15, 0.2) is 0 Å². The Labute approximate surface area is 345 Å². The zero-order valence-electron chi connectivity index (χ0n) is 36.6. The second kappa shape index (κ2) is 31.1. The fourth-order valence-corrected chi connectivity index (χ4v) is 8.15. The maximum atomic E-state index is 13.3. The average Bonchev–Trinajstić information content (AvgIpc) is 3.22. The summed E-state index contributed by atoms with van der Waals surface area (Å²) in [5.41, 5.74) is 5.16. The quantitative estimate of drug-likeness (QED) is 0.0345. The number of rotatable bonds is 34. The summed E-state index contributed by atoms with van der Waals surface area (Å²) in [5, 5.41) is 0. The van der Waals surface area contributed by atoms with Crippen molar-refractivity contribution in [2.45, 2.75) is 213 Å². The maximum Gasteiger partial charge on any atom is 0.343 e. The van der Waals surface area contributed by atoms with Gasteiger partial charge in [0.05, 0.1) is 11.7 Å². The number of benzene rings is 3. The van der Waals surface area contributed by atoms with Gasteiger partial charge in [-0.05, 0) is 72.6 Å². The van der Waals surface area contributed by atoms with Gasteiger partial charge < -0.3 is 9.47 Å². The van der Waals surface area contributed by atoms with Crippen LogP contribution in [0.3, 0.4) is 0 Å². The molecule has 0 aliphatic heterocycles. The van der Waals surface area contributed by atoms with Crippen LogP contribution in [0.15, 0.2) is 72.8 Å². The summed E-state index contributed by atoms with van der Waals surface area (Å²) in [7, 11) is 0. The predicted octanol–water partition coefficient (Wildman–Crippen LogP) is 17.3. The molecule has 0 saturated heterocycles. The Morgan fingerprint density at radius 1 is 0.482 bits per heavy atom. The third-order valence-corrected chi connectivity index (χ3v) is 11.8. The molecular weight excluding hydrogens is 685 g/mol. The van der Waals surface area contributed by atoms with Gasteiger partial charge in [-0.25, -0.2) is 4.79 Å². The van der Waals surface area contributed by atoms with Gasteiger partial charge in [0.25, 0.3) is 0 Å². The molecule has 0 aromatic heterocycles. The SMILES string of the molecule is CCCCCCCCCCCCCCCCCCCCOC(C)c1ccc(-c2ccc(C(=O)Oc3ccccc3C(CCC)CCCCCCCC)cc2)cc1. The Morgan fingerprint density at radius 2 is 0.929 bits per heavy atom. The molecule has 0 saturated carbocycles. The molecule has 0 heterocycles. The van der Waals surface area contributed by atoms with E-state index in [9.17, 15) is 4.79 Å². The number of hydrogen-bond donors (Lipinski definition) is 0. The third kappa shape index (κ3) is 20.0. The molecule has 3 nitrogen and oxygen atoms in total. The van der Waals surface area contributed by atoms with Crippen molar-refractivity contribution in [3.05, 3.63) is 89.5 Å². The lowest BCUT2D eigenvalue weighted by atomic mass is 9.88. The molecular formula is C53H82O3. The van der Waals surface area contributed by atoms with E-state index in [0.29, 0.717) is 17.2 Å². The van der Waals surface area contributed by atoms with Crippen molar-refractivity contribution in [2.75, 3.05) is 6.61 Å². The molecule has 3 aromatic rings. The van der Waals surface area contributed by atoms with Crippen LogP contribution in [0.1, 0.15) is 235 Å². The Morgan fingerprint density at radius 3 is 1.43 bits per heavy atom. The first-order valence-corrected chi connectivity index (χ1v) is 23.7. The first-order chi connectivity index (χ1) is 27.6. The lowest BCUT2D eigenvalue weighted by Gasteiger charge is -2.20. The largest absolute Gasteiger partial charge is 0.423 e. The van der Waals surface area contributed by atoms with Crippen LogP contribution < -0.4 is 4.74 Å². The van der Waals surface area contributed by atoms with Gasteiger partial charge in [-0.15, -0.1) is 0 Å². The lowest BCUT2D eigenvalue weighted by molar-refractivity contribution is 0.0627. The Hall–Kier alpha value is -2.91. The number of unbranched alkanes of at least 4 members (excludes halogenated alkanes) is 22. The molecule has 56 heavy (non-hydrogen) atoms. The second-order valence-electron chi connectivity index (χ2n) is 16.7. The van der Waals surface area contributed by atoms with Crippen LogP contribution in [-0.2, 0) is 4.74 Å². The van der Waals surface area contributed by atoms with Gasteiger partial charge in [-0.3, -0.25) is 0 Å². The monoisotopic (exact) mass is 767 g/mol. The molecule has 0 aliphatic carbocycles. The van der Waals surface area contributed by atoms with Crippen LogP contribution in [0.2, 0.25) is 0 Å². The first-order valence-electron chi connectivity index (χ1n) is 23.7. The zero-order valence-corrected chi connectivity index (χ0v) is 36.6. The van der Waals surface area contributed by atoms with E-state index in [1.165, 1.54) is 159 Å². The van der Waals surface area contributed by atoms with Gasteiger partial charge in [0, 0.05) is 6.61 Å². The molecule has 3 aromatic carbocycles. The molecule has 0 amide bonds. The molecule has 0 fully saturated rings. The van der Waals surface area contributed by atoms with E-state index in [-0.39, 0.29) is 12.1 Å². The maximum absolute atomic E-state index is 13.3. The Balaban J connectivity index is 1.30. The number of para-hydroxylation sites is 1. The Kier molecular flexibility index (Phi) is 26.4. The van der Waals surface area contributed by atoms with Crippen LogP contribution in [0.5, 0.6) is 5.75 Å². The Bertz CT molecular complexity index is 1380. The number of ether oxygens (including phenoxy) is 2. The van der Waals surface area contributed by atoms with E-state index >= 15 is 0 Å². The van der Waals surface area contributed by atoms with E-state index in [4.69, 9.17) is 9.47 Å². The molecule has 3 heteroatoms. The topological polar surface area (TPSA) is 35.5 Å². The van der Waals surface area contributed by atoms with E-state index in [1.807, 2.05) is 36.4 Å². The summed E-state index contributed by atoms with van der Waals surface area (Å²) in [6.07, 6.45) is 36.3. The molecule has 2 unspecified atom stereocenters. The normalized spacial score (nSPS) is 12.5. The van der Waals surface area contributed by atoms with Gasteiger partial charge in [-0.2, -0.15) is 0 Å². The van der Waals surface area contributed by atoms with Crippen LogP contribution in [0.25, 0.3) is 11.1 Å². The summed E-state index contributed by atoms with van der Waals surface area (Å²) in [4.78, 5) is 13.3. The van der Waals surface area contributed by atoms with Crippen molar-refractivity contribution in [1.29, 1.82) is 0 Å². The minimum atomic E-state index is -0.296. The smallest absolute Gasteiger partial charge is 0.343 e. The zero-order chi connectivity index (χ0) is 39.9. The molecule has 0 bridgehead atoms. The summed E-state index contributed by atoms with van der Waals surface area (Å²) in [5.74, 6) is 0.829. The van der Waals surface area contributed by atoms with E-state index in [1.54, 1.807) is 0 Å². The molecule has 0 spiro atoms. The fraction of sp³-hybridized carbons (Fsp3) is 0.642.